The van der Waals surface area contributed by atoms with Gasteiger partial charge in [-0.15, -0.1) is 0 Å². The molecule has 0 saturated carbocycles. The van der Waals surface area contributed by atoms with Crippen molar-refractivity contribution < 1.29 is 4.74 Å². The Morgan fingerprint density at radius 2 is 2.06 bits per heavy atom. The first kappa shape index (κ1) is 11.5. The van der Waals surface area contributed by atoms with Crippen LogP contribution in [-0.4, -0.2) is 12.1 Å². The fraction of sp³-hybridized carbons (Fsp3) is 0.571. The summed E-state index contributed by atoms with van der Waals surface area (Å²) in [6.45, 7) is 4.47. The van der Waals surface area contributed by atoms with Crippen LogP contribution in [0.2, 0.25) is 0 Å². The van der Waals surface area contributed by atoms with E-state index in [2.05, 4.69) is 26.0 Å². The molecule has 88 valence electrons. The molecule has 0 aromatic heterocycles. The molecule has 1 aliphatic rings. The van der Waals surface area contributed by atoms with Crippen LogP contribution in [0, 0.1) is 5.92 Å². The van der Waals surface area contributed by atoms with Gasteiger partial charge in [-0.1, -0.05) is 32.0 Å². The second kappa shape index (κ2) is 4.88. The van der Waals surface area contributed by atoms with E-state index in [0.717, 1.165) is 24.5 Å². The molecule has 2 heteroatoms. The maximum atomic E-state index is 6.18. The Hall–Kier alpha value is -1.02. The van der Waals surface area contributed by atoms with Crippen LogP contribution in [0.5, 0.6) is 5.75 Å². The molecule has 0 amide bonds. The molecular weight excluding hydrogens is 198 g/mol. The minimum absolute atomic E-state index is 0.162. The molecule has 0 bridgehead atoms. The van der Waals surface area contributed by atoms with Gasteiger partial charge in [0.15, 0.2) is 0 Å². The molecule has 2 nitrogen and oxygen atoms in total. The molecule has 2 N–H and O–H groups in total. The first-order valence-electron chi connectivity index (χ1n) is 6.17. The topological polar surface area (TPSA) is 35.2 Å². The lowest BCUT2D eigenvalue weighted by atomic mass is 9.98. The molecule has 2 rings (SSSR count). The van der Waals surface area contributed by atoms with Gasteiger partial charge in [-0.25, -0.2) is 0 Å². The van der Waals surface area contributed by atoms with Crippen molar-refractivity contribution >= 4 is 0 Å². The zero-order valence-electron chi connectivity index (χ0n) is 10.1. The lowest BCUT2D eigenvalue weighted by molar-refractivity contribution is 0.189. The van der Waals surface area contributed by atoms with Gasteiger partial charge < -0.3 is 10.5 Å². The van der Waals surface area contributed by atoms with Gasteiger partial charge in [-0.2, -0.15) is 0 Å². The summed E-state index contributed by atoms with van der Waals surface area (Å²) in [5, 5.41) is 0. The van der Waals surface area contributed by atoms with Crippen LogP contribution in [0.1, 0.15) is 32.3 Å². The first-order valence-corrected chi connectivity index (χ1v) is 6.17. The zero-order chi connectivity index (χ0) is 11.5. The summed E-state index contributed by atoms with van der Waals surface area (Å²) in [6, 6.07) is 8.40. The molecule has 1 heterocycles. The van der Waals surface area contributed by atoms with Gasteiger partial charge in [0.25, 0.3) is 0 Å². The largest absolute Gasteiger partial charge is 0.488 e. The second-order valence-corrected chi connectivity index (χ2v) is 5.10. The predicted molar refractivity (Wildman–Crippen MR) is 66.6 cm³/mol. The molecule has 2 atom stereocenters. The fourth-order valence-electron chi connectivity index (χ4n) is 2.16. The van der Waals surface area contributed by atoms with Crippen LogP contribution < -0.4 is 10.5 Å². The van der Waals surface area contributed by atoms with Crippen molar-refractivity contribution in [2.24, 2.45) is 11.7 Å². The van der Waals surface area contributed by atoms with Crippen molar-refractivity contribution in [2.75, 3.05) is 0 Å². The molecule has 0 aliphatic carbocycles. The van der Waals surface area contributed by atoms with Crippen LogP contribution in [0.4, 0.5) is 0 Å². The lowest BCUT2D eigenvalue weighted by Crippen LogP contribution is -2.38. The average molecular weight is 219 g/mol. The van der Waals surface area contributed by atoms with E-state index in [1.54, 1.807) is 0 Å². The van der Waals surface area contributed by atoms with Crippen molar-refractivity contribution in [3.63, 3.8) is 0 Å². The Balaban J connectivity index is 1.90. The number of para-hydroxylation sites is 1. The molecule has 1 aromatic rings. The highest BCUT2D eigenvalue weighted by Gasteiger charge is 2.27. The van der Waals surface area contributed by atoms with Crippen molar-refractivity contribution in [1.29, 1.82) is 0 Å². The molecule has 1 aliphatic heterocycles. The van der Waals surface area contributed by atoms with Gasteiger partial charge in [-0.3, -0.25) is 0 Å². The third-order valence-electron chi connectivity index (χ3n) is 3.23. The van der Waals surface area contributed by atoms with Gasteiger partial charge in [0.1, 0.15) is 11.9 Å². The summed E-state index contributed by atoms with van der Waals surface area (Å²) in [6.07, 6.45) is 3.37. The maximum Gasteiger partial charge on any atom is 0.123 e. The molecule has 0 radical (unpaired) electrons. The summed E-state index contributed by atoms with van der Waals surface area (Å²) >= 11 is 0. The lowest BCUT2D eigenvalue weighted by Gasteiger charge is -2.19. The monoisotopic (exact) mass is 219 g/mol. The van der Waals surface area contributed by atoms with Crippen molar-refractivity contribution in [2.45, 2.75) is 45.3 Å². The smallest absolute Gasteiger partial charge is 0.123 e. The molecule has 0 saturated heterocycles. The summed E-state index contributed by atoms with van der Waals surface area (Å²) < 4.78 is 5.88. The summed E-state index contributed by atoms with van der Waals surface area (Å²) in [5.41, 5.74) is 7.48. The number of rotatable bonds is 4. The molecule has 1 aromatic carbocycles. The number of benzene rings is 1. The van der Waals surface area contributed by atoms with Crippen LogP contribution in [-0.2, 0) is 6.42 Å². The summed E-state index contributed by atoms with van der Waals surface area (Å²) in [5.74, 6) is 1.74. The fourth-order valence-corrected chi connectivity index (χ4v) is 2.16. The average Bonchev–Trinajstić information content (AvgIpc) is 2.69. The second-order valence-electron chi connectivity index (χ2n) is 5.10. The Morgan fingerprint density at radius 1 is 1.31 bits per heavy atom. The highest BCUT2D eigenvalue weighted by Crippen LogP contribution is 2.30. The third kappa shape index (κ3) is 2.56. The SMILES string of the molecule is CC(C)CCC(N)C1Cc2ccccc2O1. The number of hydrogen-bond acceptors (Lipinski definition) is 2. The highest BCUT2D eigenvalue weighted by molar-refractivity contribution is 5.37. The Labute approximate surface area is 97.8 Å². The standard InChI is InChI=1S/C14H21NO/c1-10(2)7-8-12(15)14-9-11-5-3-4-6-13(11)16-14/h3-6,10,12,14H,7-9,15H2,1-2H3. The molecule has 16 heavy (non-hydrogen) atoms. The zero-order valence-corrected chi connectivity index (χ0v) is 10.1. The number of nitrogens with two attached hydrogens (primary N) is 1. The quantitative estimate of drug-likeness (QED) is 0.845. The van der Waals surface area contributed by atoms with E-state index in [1.807, 2.05) is 12.1 Å². The van der Waals surface area contributed by atoms with Gasteiger partial charge >= 0.3 is 0 Å². The summed E-state index contributed by atoms with van der Waals surface area (Å²) in [7, 11) is 0. The number of ether oxygens (including phenoxy) is 1. The summed E-state index contributed by atoms with van der Waals surface area (Å²) in [4.78, 5) is 0. The molecule has 2 unspecified atom stereocenters. The highest BCUT2D eigenvalue weighted by atomic mass is 16.5. The molecule has 0 fully saturated rings. The van der Waals surface area contributed by atoms with Gasteiger partial charge in [-0.05, 0) is 30.4 Å². The van der Waals surface area contributed by atoms with Crippen molar-refractivity contribution in [3.05, 3.63) is 29.8 Å². The minimum atomic E-state index is 0.162. The van der Waals surface area contributed by atoms with E-state index >= 15 is 0 Å². The van der Waals surface area contributed by atoms with Crippen molar-refractivity contribution in [3.8, 4) is 5.75 Å². The van der Waals surface area contributed by atoms with Gasteiger partial charge in [0.2, 0.25) is 0 Å². The van der Waals surface area contributed by atoms with E-state index < -0.39 is 0 Å². The first-order chi connectivity index (χ1) is 7.66. The Bertz CT molecular complexity index is 323. The van der Waals surface area contributed by atoms with E-state index in [-0.39, 0.29) is 12.1 Å². The molecule has 0 spiro atoms. The normalized spacial score (nSPS) is 20.6. The van der Waals surface area contributed by atoms with E-state index in [1.165, 1.54) is 12.0 Å². The third-order valence-corrected chi connectivity index (χ3v) is 3.23. The molecular formula is C14H21NO. The minimum Gasteiger partial charge on any atom is -0.488 e. The van der Waals surface area contributed by atoms with Crippen LogP contribution in [0.25, 0.3) is 0 Å². The van der Waals surface area contributed by atoms with E-state index in [4.69, 9.17) is 10.5 Å². The van der Waals surface area contributed by atoms with Crippen LogP contribution in [0.3, 0.4) is 0 Å². The number of hydrogen-bond donors (Lipinski definition) is 1. The number of fused-ring (bicyclic) bond motifs is 1. The maximum absolute atomic E-state index is 6.18. The predicted octanol–water partition coefficient (Wildman–Crippen LogP) is 2.75. The van der Waals surface area contributed by atoms with E-state index in [9.17, 15) is 0 Å². The van der Waals surface area contributed by atoms with Crippen LogP contribution in [0.15, 0.2) is 24.3 Å². The Morgan fingerprint density at radius 3 is 2.75 bits per heavy atom. The van der Waals surface area contributed by atoms with Crippen LogP contribution >= 0.6 is 0 Å². The van der Waals surface area contributed by atoms with E-state index in [0.29, 0.717) is 0 Å². The van der Waals surface area contributed by atoms with Gasteiger partial charge in [0, 0.05) is 12.5 Å². The van der Waals surface area contributed by atoms with Gasteiger partial charge in [0.05, 0.1) is 0 Å². The van der Waals surface area contributed by atoms with Crippen molar-refractivity contribution in [1.82, 2.24) is 0 Å². The Kier molecular flexibility index (Phi) is 3.49.